The van der Waals surface area contributed by atoms with Crippen molar-refractivity contribution in [1.82, 2.24) is 4.98 Å². The number of aromatic amines is 1. The highest BCUT2D eigenvalue weighted by atomic mass is 16.5. The van der Waals surface area contributed by atoms with Crippen LogP contribution < -0.4 is 20.6 Å². The third kappa shape index (κ3) is 2.90. The molecule has 0 atom stereocenters. The Labute approximate surface area is 250 Å². The molecule has 0 saturated carbocycles. The Morgan fingerprint density at radius 3 is 2.37 bits per heavy atom. The number of aromatic nitrogens is 1. The molecular weight excluding hydrogens is 523 g/mol. The predicted molar refractivity (Wildman–Crippen MR) is 180 cm³/mol. The summed E-state index contributed by atoms with van der Waals surface area (Å²) >= 11 is 0. The van der Waals surface area contributed by atoms with E-state index in [9.17, 15) is 0 Å². The van der Waals surface area contributed by atoms with Gasteiger partial charge in [-0.05, 0) is 51.8 Å². The first kappa shape index (κ1) is 23.4. The number of hydrogen-bond acceptors (Lipinski definition) is 2. The van der Waals surface area contributed by atoms with Crippen LogP contribution in [0.1, 0.15) is 25.0 Å². The maximum Gasteiger partial charge on any atom is 0.198 e. The van der Waals surface area contributed by atoms with Gasteiger partial charge in [0.05, 0.1) is 22.6 Å². The Hall–Kier alpha value is -5.22. The van der Waals surface area contributed by atoms with Crippen LogP contribution in [0.5, 0.6) is 11.5 Å². The molecule has 0 fully saturated rings. The lowest BCUT2D eigenvalue weighted by atomic mass is 9.57. The van der Waals surface area contributed by atoms with Gasteiger partial charge in [-0.3, -0.25) is 0 Å². The molecule has 7 aromatic rings. The lowest BCUT2D eigenvalue weighted by Crippen LogP contribution is -2.42. The van der Waals surface area contributed by atoms with Gasteiger partial charge >= 0.3 is 0 Å². The van der Waals surface area contributed by atoms with E-state index in [1.807, 2.05) is 0 Å². The van der Waals surface area contributed by atoms with Gasteiger partial charge in [0.15, 0.2) is 18.8 Å². The van der Waals surface area contributed by atoms with Gasteiger partial charge in [-0.25, -0.2) is 0 Å². The van der Waals surface area contributed by atoms with Crippen molar-refractivity contribution < 1.29 is 4.74 Å². The zero-order chi connectivity index (χ0) is 28.4. The average molecular weight is 550 g/mol. The number of hydrogen-bond donors (Lipinski definition) is 1. The molecule has 1 N–H and O–H groups in total. The number of nitrogens with one attached hydrogen (secondary N) is 1. The molecule has 4 heteroatoms. The van der Waals surface area contributed by atoms with Gasteiger partial charge in [-0.1, -0.05) is 110 Å². The third-order valence-electron chi connectivity index (χ3n) is 9.97. The molecule has 202 valence electrons. The minimum absolute atomic E-state index is 0.0710. The summed E-state index contributed by atoms with van der Waals surface area (Å²) in [5.41, 5.74) is 15.2. The minimum Gasteiger partial charge on any atom is -0.453 e. The van der Waals surface area contributed by atoms with Crippen molar-refractivity contribution in [2.24, 2.45) is 0 Å². The summed E-state index contributed by atoms with van der Waals surface area (Å²) < 4.78 is 6.46. The van der Waals surface area contributed by atoms with Gasteiger partial charge in [-0.15, -0.1) is 0 Å². The maximum absolute atomic E-state index is 6.46. The van der Waals surface area contributed by atoms with E-state index in [0.29, 0.717) is 0 Å². The molecular formula is C39H27BN2O. The van der Waals surface area contributed by atoms with Crippen molar-refractivity contribution in [3.8, 4) is 33.9 Å². The highest BCUT2D eigenvalue weighted by Gasteiger charge is 2.39. The van der Waals surface area contributed by atoms with Crippen molar-refractivity contribution in [3.63, 3.8) is 0 Å². The maximum atomic E-state index is 6.46. The molecule has 10 rings (SSSR count). The van der Waals surface area contributed by atoms with Crippen molar-refractivity contribution in [3.05, 3.63) is 126 Å². The second kappa shape index (κ2) is 7.99. The van der Waals surface area contributed by atoms with E-state index in [2.05, 4.69) is 139 Å². The number of rotatable bonds is 1. The second-order valence-corrected chi connectivity index (χ2v) is 12.6. The summed E-state index contributed by atoms with van der Waals surface area (Å²) in [5, 5.41) is 3.81. The Kier molecular flexibility index (Phi) is 4.34. The first-order valence-electron chi connectivity index (χ1n) is 15.1. The highest BCUT2D eigenvalue weighted by Crippen LogP contribution is 2.54. The largest absolute Gasteiger partial charge is 0.453 e. The summed E-state index contributed by atoms with van der Waals surface area (Å²) in [6, 6.07) is 41.8. The van der Waals surface area contributed by atoms with Crippen LogP contribution in [0, 0.1) is 0 Å². The molecule has 0 unspecified atom stereocenters. The van der Waals surface area contributed by atoms with Gasteiger partial charge in [0.2, 0.25) is 0 Å². The van der Waals surface area contributed by atoms with Crippen LogP contribution in [0.25, 0.3) is 44.1 Å². The fraction of sp³-hybridized carbons (Fsp3) is 0.0769. The van der Waals surface area contributed by atoms with Crippen LogP contribution in [0.2, 0.25) is 0 Å². The van der Waals surface area contributed by atoms with Crippen molar-refractivity contribution >= 4 is 56.9 Å². The van der Waals surface area contributed by atoms with Crippen LogP contribution >= 0.6 is 0 Å². The Morgan fingerprint density at radius 2 is 1.42 bits per heavy atom. The molecule has 2 aliphatic heterocycles. The van der Waals surface area contributed by atoms with E-state index in [1.165, 1.54) is 71.8 Å². The Bertz CT molecular complexity index is 2350. The summed E-state index contributed by atoms with van der Waals surface area (Å²) in [5.74, 6) is 1.80. The van der Waals surface area contributed by atoms with Crippen LogP contribution in [0.15, 0.2) is 115 Å². The molecule has 43 heavy (non-hydrogen) atoms. The van der Waals surface area contributed by atoms with Crippen LogP contribution in [-0.4, -0.2) is 12.3 Å². The first-order chi connectivity index (χ1) is 21.1. The normalized spacial score (nSPS) is 14.8. The molecule has 1 aliphatic carbocycles. The van der Waals surface area contributed by atoms with E-state index in [-0.39, 0.29) is 5.41 Å². The Morgan fingerprint density at radius 1 is 0.674 bits per heavy atom. The van der Waals surface area contributed by atoms with E-state index in [1.54, 1.807) is 0 Å². The van der Waals surface area contributed by atoms with Gasteiger partial charge in [0, 0.05) is 33.0 Å². The smallest absolute Gasteiger partial charge is 0.198 e. The molecule has 3 nitrogen and oxygen atoms in total. The molecule has 0 saturated heterocycles. The highest BCUT2D eigenvalue weighted by molar-refractivity contribution is 6.74. The molecule has 0 amide bonds. The van der Waals surface area contributed by atoms with Gasteiger partial charge in [0.25, 0.3) is 0 Å². The lowest BCUT2D eigenvalue weighted by Gasteiger charge is -2.40. The minimum atomic E-state index is -0.0710. The van der Waals surface area contributed by atoms with Crippen molar-refractivity contribution in [2.45, 2.75) is 19.3 Å². The van der Waals surface area contributed by atoms with Crippen molar-refractivity contribution in [1.29, 1.82) is 0 Å². The van der Waals surface area contributed by atoms with E-state index < -0.39 is 0 Å². The van der Waals surface area contributed by atoms with Gasteiger partial charge in [0.1, 0.15) is 0 Å². The van der Waals surface area contributed by atoms with Crippen LogP contribution in [-0.2, 0) is 5.41 Å². The quantitative estimate of drug-likeness (QED) is 0.208. The number of benzene rings is 6. The molecule has 3 aliphatic rings. The van der Waals surface area contributed by atoms with Crippen LogP contribution in [0.4, 0.5) is 17.1 Å². The molecule has 0 bridgehead atoms. The summed E-state index contributed by atoms with van der Waals surface area (Å²) in [6.45, 7) is 4.72. The van der Waals surface area contributed by atoms with Crippen molar-refractivity contribution in [2.75, 3.05) is 4.90 Å². The average Bonchev–Trinajstić information content (AvgIpc) is 3.54. The molecule has 0 radical (unpaired) electrons. The summed E-state index contributed by atoms with van der Waals surface area (Å²) in [6.07, 6.45) is 0. The summed E-state index contributed by atoms with van der Waals surface area (Å²) in [4.78, 5) is 6.42. The molecule has 0 spiro atoms. The number of para-hydroxylation sites is 4. The van der Waals surface area contributed by atoms with Crippen LogP contribution in [0.3, 0.4) is 0 Å². The van der Waals surface area contributed by atoms with Gasteiger partial charge in [-0.2, -0.15) is 0 Å². The van der Waals surface area contributed by atoms with E-state index in [4.69, 9.17) is 4.74 Å². The van der Waals surface area contributed by atoms with E-state index >= 15 is 0 Å². The monoisotopic (exact) mass is 550 g/mol. The Balaban J connectivity index is 1.31. The first-order valence-corrected chi connectivity index (χ1v) is 15.1. The predicted octanol–water partition coefficient (Wildman–Crippen LogP) is 8.57. The van der Waals surface area contributed by atoms with Gasteiger partial charge < -0.3 is 14.6 Å². The zero-order valence-corrected chi connectivity index (χ0v) is 24.0. The second-order valence-electron chi connectivity index (χ2n) is 12.6. The van der Waals surface area contributed by atoms with E-state index in [0.717, 1.165) is 30.2 Å². The number of nitrogens with zero attached hydrogens (tertiary/aromatic N) is 1. The number of anilines is 3. The molecule has 3 heterocycles. The number of ether oxygens (including phenoxy) is 1. The topological polar surface area (TPSA) is 28.3 Å². The number of fused-ring (bicyclic) bond motifs is 11. The third-order valence-corrected chi connectivity index (χ3v) is 9.97. The molecule has 1 aromatic heterocycles. The standard InChI is InChI=1S/C39H27BN2O/c1-39(2)28-16-6-5-13-25(28)36-33(39)26-15-9-14-24(35(26)41-36)27-21-22-11-3-4-12-23(22)37-34(27)40-29-17-10-20-32-38(29)42(37)30-18-7-8-19-31(30)43-32/h3-21,40-41H,1-2H3. The fourth-order valence-corrected chi connectivity index (χ4v) is 8.16. The summed E-state index contributed by atoms with van der Waals surface area (Å²) in [7, 11) is 0.839. The fourth-order valence-electron chi connectivity index (χ4n) is 8.16. The zero-order valence-electron chi connectivity index (χ0n) is 24.0. The lowest BCUT2D eigenvalue weighted by molar-refractivity contribution is 0.477. The number of H-pyrrole nitrogens is 1. The molecule has 6 aromatic carbocycles. The SMILES string of the molecule is CC1(C)c2ccccc2-c2[nH]c3c(-c4cc5ccccc5c5c4Bc4cccc6c4N5c4ccccc4O6)cccc3c21.